The molecule has 6 nitrogen and oxygen atoms in total. The van der Waals surface area contributed by atoms with Crippen molar-refractivity contribution < 1.29 is 24.9 Å². The molecule has 1 aliphatic carbocycles. The number of carboxylic acids is 1. The van der Waals surface area contributed by atoms with Crippen molar-refractivity contribution >= 4 is 21.9 Å². The van der Waals surface area contributed by atoms with Gasteiger partial charge in [-0.2, -0.15) is 0 Å². The highest BCUT2D eigenvalue weighted by Gasteiger charge is 2.78. The molecule has 1 saturated carbocycles. The second kappa shape index (κ2) is 6.63. The average Bonchev–Trinajstić information content (AvgIpc) is 3.13. The molecule has 5 rings (SSSR count). The van der Waals surface area contributed by atoms with Crippen molar-refractivity contribution in [3.8, 4) is 5.75 Å². The van der Waals surface area contributed by atoms with E-state index in [9.17, 15) is 20.1 Å². The summed E-state index contributed by atoms with van der Waals surface area (Å²) in [6.45, 7) is 0. The summed E-state index contributed by atoms with van der Waals surface area (Å²) < 4.78 is 7.24. The lowest BCUT2D eigenvalue weighted by Gasteiger charge is -2.40. The SMILES string of the molecule is O=C(O)[C@H]1[C@@H](O)C2(O)c3ncccc3O[C@@]2(c2ccc(Br)cc2)[C@@H]1c1ccccc1. The fraction of sp³-hybridized carbons (Fsp3) is 0.217. The van der Waals surface area contributed by atoms with E-state index in [1.165, 1.54) is 6.20 Å². The summed E-state index contributed by atoms with van der Waals surface area (Å²) in [5, 5.41) is 33.4. The van der Waals surface area contributed by atoms with E-state index >= 15 is 0 Å². The van der Waals surface area contributed by atoms with E-state index < -0.39 is 35.1 Å². The topological polar surface area (TPSA) is 99.9 Å². The molecule has 0 radical (unpaired) electrons. The van der Waals surface area contributed by atoms with Crippen LogP contribution in [0.5, 0.6) is 5.75 Å². The lowest BCUT2D eigenvalue weighted by Crippen LogP contribution is -2.52. The van der Waals surface area contributed by atoms with E-state index in [1.807, 2.05) is 6.07 Å². The summed E-state index contributed by atoms with van der Waals surface area (Å²) in [6, 6.07) is 19.5. The van der Waals surface area contributed by atoms with Gasteiger partial charge in [-0.15, -0.1) is 0 Å². The van der Waals surface area contributed by atoms with Crippen LogP contribution in [0.3, 0.4) is 0 Å². The predicted octanol–water partition coefficient (Wildman–Crippen LogP) is 3.18. The van der Waals surface area contributed by atoms with Crippen molar-refractivity contribution in [2.45, 2.75) is 23.2 Å². The molecule has 0 bridgehead atoms. The van der Waals surface area contributed by atoms with Crippen molar-refractivity contribution in [1.82, 2.24) is 4.98 Å². The number of halogens is 1. The fourth-order valence-corrected chi connectivity index (χ4v) is 5.34. The molecule has 30 heavy (non-hydrogen) atoms. The molecule has 7 heteroatoms. The van der Waals surface area contributed by atoms with Gasteiger partial charge in [0.05, 0.1) is 5.92 Å². The van der Waals surface area contributed by atoms with Gasteiger partial charge in [0, 0.05) is 16.6 Å². The summed E-state index contributed by atoms with van der Waals surface area (Å²) in [6.07, 6.45) is -0.143. The van der Waals surface area contributed by atoms with Gasteiger partial charge in [-0.05, 0) is 35.4 Å². The van der Waals surface area contributed by atoms with Crippen LogP contribution in [0.4, 0.5) is 0 Å². The maximum absolute atomic E-state index is 12.4. The van der Waals surface area contributed by atoms with Gasteiger partial charge < -0.3 is 20.1 Å². The van der Waals surface area contributed by atoms with Gasteiger partial charge in [-0.3, -0.25) is 9.78 Å². The number of hydrogen-bond donors (Lipinski definition) is 3. The lowest BCUT2D eigenvalue weighted by molar-refractivity contribution is -0.160. The van der Waals surface area contributed by atoms with E-state index in [2.05, 4.69) is 20.9 Å². The highest BCUT2D eigenvalue weighted by atomic mass is 79.9. The monoisotopic (exact) mass is 467 g/mol. The molecule has 152 valence electrons. The first-order valence-electron chi connectivity index (χ1n) is 9.50. The number of nitrogens with zero attached hydrogens (tertiary/aromatic N) is 1. The van der Waals surface area contributed by atoms with Crippen LogP contribution in [0.25, 0.3) is 0 Å². The van der Waals surface area contributed by atoms with Crippen LogP contribution in [0.15, 0.2) is 77.4 Å². The highest BCUT2D eigenvalue weighted by Crippen LogP contribution is 2.67. The minimum absolute atomic E-state index is 0.144. The van der Waals surface area contributed by atoms with Crippen LogP contribution >= 0.6 is 15.9 Å². The van der Waals surface area contributed by atoms with Gasteiger partial charge in [0.2, 0.25) is 0 Å². The van der Waals surface area contributed by atoms with E-state index in [4.69, 9.17) is 4.74 Å². The Morgan fingerprint density at radius 1 is 1.03 bits per heavy atom. The average molecular weight is 468 g/mol. The van der Waals surface area contributed by atoms with E-state index in [1.54, 1.807) is 60.7 Å². The van der Waals surface area contributed by atoms with Crippen molar-refractivity contribution in [1.29, 1.82) is 0 Å². The molecule has 5 atom stereocenters. The first-order valence-corrected chi connectivity index (χ1v) is 10.3. The number of aliphatic hydroxyl groups excluding tert-OH is 1. The molecule has 3 aromatic rings. The third-order valence-electron chi connectivity index (χ3n) is 6.25. The molecule has 2 aromatic carbocycles. The number of aliphatic carboxylic acids is 1. The number of carboxylic acid groups (broad SMARTS) is 1. The van der Waals surface area contributed by atoms with Gasteiger partial charge in [-0.1, -0.05) is 58.4 Å². The standard InChI is InChI=1S/C23H18BrNO5/c24-15-10-8-14(9-11-15)23-18(13-5-2-1-3-6-13)17(21(27)28)20(26)22(23,29)19-16(30-23)7-4-12-25-19/h1-12,17-18,20,26,29H,(H,27,28)/t17-,18-,20-,22?,23+/m1/s1. The largest absolute Gasteiger partial charge is 0.481 e. The molecule has 3 N–H and O–H groups in total. The van der Waals surface area contributed by atoms with Crippen LogP contribution in [0.1, 0.15) is 22.7 Å². The number of aliphatic hydroxyl groups is 2. The van der Waals surface area contributed by atoms with Crippen molar-refractivity contribution in [2.75, 3.05) is 0 Å². The first-order chi connectivity index (χ1) is 14.4. The van der Waals surface area contributed by atoms with Crippen molar-refractivity contribution in [3.63, 3.8) is 0 Å². The quantitative estimate of drug-likeness (QED) is 0.546. The first kappa shape index (κ1) is 19.2. The predicted molar refractivity (Wildman–Crippen MR) is 111 cm³/mol. The Balaban J connectivity index is 1.87. The Hall–Kier alpha value is -2.74. The second-order valence-corrected chi connectivity index (χ2v) is 8.57. The smallest absolute Gasteiger partial charge is 0.310 e. The van der Waals surface area contributed by atoms with Crippen LogP contribution < -0.4 is 4.74 Å². The van der Waals surface area contributed by atoms with Gasteiger partial charge in [0.15, 0.2) is 11.2 Å². The minimum atomic E-state index is -2.05. The van der Waals surface area contributed by atoms with E-state index in [0.29, 0.717) is 16.9 Å². The summed E-state index contributed by atoms with van der Waals surface area (Å²) in [5.74, 6) is -3.06. The zero-order chi connectivity index (χ0) is 21.1. The van der Waals surface area contributed by atoms with Gasteiger partial charge in [0.1, 0.15) is 17.5 Å². The number of ether oxygens (including phenoxy) is 1. The van der Waals surface area contributed by atoms with E-state index in [-0.39, 0.29) is 5.69 Å². The molecule has 1 fully saturated rings. The lowest BCUT2D eigenvalue weighted by atomic mass is 9.71. The minimum Gasteiger partial charge on any atom is -0.481 e. The summed E-state index contributed by atoms with van der Waals surface area (Å²) in [4.78, 5) is 16.7. The number of fused-ring (bicyclic) bond motifs is 3. The van der Waals surface area contributed by atoms with Gasteiger partial charge in [0.25, 0.3) is 0 Å². The van der Waals surface area contributed by atoms with Crippen molar-refractivity contribution in [3.05, 3.63) is 94.2 Å². The van der Waals surface area contributed by atoms with Crippen LogP contribution in [-0.4, -0.2) is 32.4 Å². The van der Waals surface area contributed by atoms with Crippen LogP contribution in [0, 0.1) is 5.92 Å². The number of benzene rings is 2. The highest BCUT2D eigenvalue weighted by molar-refractivity contribution is 9.10. The molecule has 1 unspecified atom stereocenters. The number of hydrogen-bond acceptors (Lipinski definition) is 5. The molecular formula is C23H18BrNO5. The Morgan fingerprint density at radius 2 is 1.73 bits per heavy atom. The third kappa shape index (κ3) is 2.31. The Labute approximate surface area is 180 Å². The summed E-state index contributed by atoms with van der Waals surface area (Å²) >= 11 is 3.41. The maximum Gasteiger partial charge on any atom is 0.310 e. The second-order valence-electron chi connectivity index (χ2n) is 7.66. The normalized spacial score (nSPS) is 31.6. The Morgan fingerprint density at radius 3 is 2.40 bits per heavy atom. The van der Waals surface area contributed by atoms with Crippen LogP contribution in [-0.2, 0) is 16.0 Å². The Bertz CT molecular complexity index is 1120. The van der Waals surface area contributed by atoms with Crippen LogP contribution in [0.2, 0.25) is 0 Å². The van der Waals surface area contributed by atoms with Crippen molar-refractivity contribution in [2.24, 2.45) is 5.92 Å². The summed E-state index contributed by atoms with van der Waals surface area (Å²) in [5.41, 5.74) is -2.28. The summed E-state index contributed by atoms with van der Waals surface area (Å²) in [7, 11) is 0. The van der Waals surface area contributed by atoms with Gasteiger partial charge >= 0.3 is 5.97 Å². The Kier molecular flexibility index (Phi) is 4.25. The molecule has 1 aliphatic heterocycles. The molecule has 1 aromatic heterocycles. The van der Waals surface area contributed by atoms with Gasteiger partial charge in [-0.25, -0.2) is 0 Å². The molecule has 0 saturated heterocycles. The maximum atomic E-state index is 12.4. The van der Waals surface area contributed by atoms with E-state index in [0.717, 1.165) is 4.47 Å². The number of aromatic nitrogens is 1. The molecule has 0 amide bonds. The number of carbonyl (C=O) groups is 1. The molecular weight excluding hydrogens is 450 g/mol. The number of pyridine rings is 1. The zero-order valence-electron chi connectivity index (χ0n) is 15.6. The third-order valence-corrected chi connectivity index (χ3v) is 6.78. The number of rotatable bonds is 3. The molecule has 0 spiro atoms. The zero-order valence-corrected chi connectivity index (χ0v) is 17.2. The fourth-order valence-electron chi connectivity index (χ4n) is 5.08. The molecule has 2 aliphatic rings. The molecule has 2 heterocycles.